The van der Waals surface area contributed by atoms with E-state index in [9.17, 15) is 4.79 Å². The Labute approximate surface area is 96.7 Å². The number of thioether (sulfide) groups is 2. The zero-order chi connectivity index (χ0) is 9.80. The fourth-order valence-electron chi connectivity index (χ4n) is 1.38. The van der Waals surface area contributed by atoms with E-state index in [0.717, 1.165) is 11.5 Å². The van der Waals surface area contributed by atoms with Crippen molar-refractivity contribution in [1.82, 2.24) is 0 Å². The van der Waals surface area contributed by atoms with Gasteiger partial charge in [0.2, 0.25) is 0 Å². The Balaban J connectivity index is 1.88. The molecule has 0 radical (unpaired) electrons. The van der Waals surface area contributed by atoms with Gasteiger partial charge >= 0.3 is 0 Å². The van der Waals surface area contributed by atoms with Crippen molar-refractivity contribution in [3.8, 4) is 0 Å². The summed E-state index contributed by atoms with van der Waals surface area (Å²) in [6.07, 6.45) is 0.627. The molecule has 1 fully saturated rings. The van der Waals surface area contributed by atoms with Crippen LogP contribution in [0.3, 0.4) is 0 Å². The first-order valence-corrected chi connectivity index (χ1v) is 7.74. The third-order valence-electron chi connectivity index (χ3n) is 2.13. The molecule has 0 bridgehead atoms. The van der Waals surface area contributed by atoms with E-state index in [0.29, 0.717) is 12.2 Å². The van der Waals surface area contributed by atoms with E-state index in [4.69, 9.17) is 0 Å². The highest BCUT2D eigenvalue weighted by molar-refractivity contribution is 8.07. The number of rotatable bonds is 3. The minimum atomic E-state index is 0.244. The van der Waals surface area contributed by atoms with Crippen molar-refractivity contribution in [2.75, 3.05) is 17.3 Å². The molecule has 1 aromatic rings. The Morgan fingerprint density at radius 3 is 3.07 bits per heavy atom. The largest absolute Gasteiger partial charge is 0.298 e. The van der Waals surface area contributed by atoms with E-state index in [1.165, 1.54) is 11.3 Å². The van der Waals surface area contributed by atoms with Crippen LogP contribution >= 0.6 is 34.9 Å². The van der Waals surface area contributed by atoms with Crippen molar-refractivity contribution in [2.45, 2.75) is 11.7 Å². The molecule has 1 aliphatic heterocycles. The van der Waals surface area contributed by atoms with Gasteiger partial charge in [-0.2, -0.15) is 23.1 Å². The van der Waals surface area contributed by atoms with Gasteiger partial charge in [-0.25, -0.2) is 0 Å². The molecule has 4 heteroatoms. The van der Waals surface area contributed by atoms with Crippen LogP contribution in [0.5, 0.6) is 0 Å². The number of ketones is 1. The third kappa shape index (κ3) is 2.78. The van der Waals surface area contributed by atoms with Crippen molar-refractivity contribution in [2.24, 2.45) is 0 Å². The Hall–Kier alpha value is 0.0700. The molecule has 76 valence electrons. The van der Waals surface area contributed by atoms with Crippen molar-refractivity contribution in [3.63, 3.8) is 0 Å². The molecule has 0 aromatic carbocycles. The lowest BCUT2D eigenvalue weighted by Gasteiger charge is -2.19. The predicted octanol–water partition coefficient (Wildman–Crippen LogP) is 2.71. The molecule has 0 N–H and O–H groups in total. The summed E-state index contributed by atoms with van der Waals surface area (Å²) in [5, 5.41) is 4.35. The van der Waals surface area contributed by atoms with Crippen LogP contribution < -0.4 is 0 Å². The molecule has 1 aromatic heterocycles. The Morgan fingerprint density at radius 2 is 2.43 bits per heavy atom. The highest BCUT2D eigenvalue weighted by Crippen LogP contribution is 2.25. The van der Waals surface area contributed by atoms with Gasteiger partial charge in [0.25, 0.3) is 0 Å². The van der Waals surface area contributed by atoms with E-state index in [2.05, 4.69) is 5.38 Å². The number of carbonyl (C=O) groups excluding carboxylic acids is 1. The second-order valence-corrected chi connectivity index (χ2v) is 6.45. The zero-order valence-electron chi connectivity index (χ0n) is 7.77. The molecule has 0 aliphatic carbocycles. The minimum absolute atomic E-state index is 0.244. The lowest BCUT2D eigenvalue weighted by atomic mass is 10.1. The van der Waals surface area contributed by atoms with E-state index in [1.807, 2.05) is 35.0 Å². The summed E-state index contributed by atoms with van der Waals surface area (Å²) in [6.45, 7) is 0. The maximum atomic E-state index is 11.8. The van der Waals surface area contributed by atoms with Crippen LogP contribution in [0.1, 0.15) is 5.56 Å². The molecule has 1 saturated heterocycles. The number of hydrogen-bond donors (Lipinski definition) is 0. The fraction of sp³-hybridized carbons (Fsp3) is 0.500. The van der Waals surface area contributed by atoms with Crippen molar-refractivity contribution in [3.05, 3.63) is 22.4 Å². The highest BCUT2D eigenvalue weighted by atomic mass is 32.2. The van der Waals surface area contributed by atoms with Gasteiger partial charge in [0.05, 0.1) is 5.25 Å². The van der Waals surface area contributed by atoms with E-state index in [-0.39, 0.29) is 5.25 Å². The summed E-state index contributed by atoms with van der Waals surface area (Å²) in [6, 6.07) is 2.04. The molecule has 0 amide bonds. The molecule has 0 saturated carbocycles. The average molecular weight is 244 g/mol. The van der Waals surface area contributed by atoms with Gasteiger partial charge < -0.3 is 0 Å². The second kappa shape index (κ2) is 5.24. The van der Waals surface area contributed by atoms with Crippen LogP contribution in [0, 0.1) is 0 Å². The van der Waals surface area contributed by atoms with E-state index >= 15 is 0 Å². The molecule has 1 nitrogen and oxygen atoms in total. The third-order valence-corrected chi connectivity index (χ3v) is 5.67. The first-order chi connectivity index (χ1) is 6.86. The van der Waals surface area contributed by atoms with Crippen molar-refractivity contribution in [1.29, 1.82) is 0 Å². The molecule has 2 rings (SSSR count). The standard InChI is InChI=1S/C10H12OS3/c11-9(5-8-1-2-12-6-8)10-7-13-3-4-14-10/h1-2,6,10H,3-5,7H2. The summed E-state index contributed by atoms with van der Waals surface area (Å²) < 4.78 is 0. The number of carbonyl (C=O) groups is 1. The molecule has 1 atom stereocenters. The van der Waals surface area contributed by atoms with Gasteiger partial charge in [0.1, 0.15) is 0 Å². The quantitative estimate of drug-likeness (QED) is 0.814. The number of thiophene rings is 1. The van der Waals surface area contributed by atoms with Crippen LogP contribution in [0.4, 0.5) is 0 Å². The number of hydrogen-bond acceptors (Lipinski definition) is 4. The molecule has 2 heterocycles. The maximum absolute atomic E-state index is 11.8. The second-order valence-electron chi connectivity index (χ2n) is 3.21. The van der Waals surface area contributed by atoms with Gasteiger partial charge in [0.15, 0.2) is 5.78 Å². The molecule has 1 aliphatic rings. The van der Waals surface area contributed by atoms with Crippen molar-refractivity contribution >= 4 is 40.6 Å². The SMILES string of the molecule is O=C(Cc1ccsc1)C1CSCCS1. The first kappa shape index (κ1) is 10.6. The van der Waals surface area contributed by atoms with Gasteiger partial charge in [0, 0.05) is 23.7 Å². The molecular weight excluding hydrogens is 232 g/mol. The fourth-order valence-corrected chi connectivity index (χ4v) is 4.70. The zero-order valence-corrected chi connectivity index (χ0v) is 10.2. The Bertz CT molecular complexity index is 288. The lowest BCUT2D eigenvalue weighted by molar-refractivity contribution is -0.117. The minimum Gasteiger partial charge on any atom is -0.298 e. The lowest BCUT2D eigenvalue weighted by Crippen LogP contribution is -2.25. The topological polar surface area (TPSA) is 17.1 Å². The molecular formula is C10H12OS3. The average Bonchev–Trinajstić information content (AvgIpc) is 2.72. The van der Waals surface area contributed by atoms with Gasteiger partial charge in [-0.1, -0.05) is 0 Å². The van der Waals surface area contributed by atoms with E-state index in [1.54, 1.807) is 11.3 Å². The monoisotopic (exact) mass is 244 g/mol. The Kier molecular flexibility index (Phi) is 3.96. The normalized spacial score (nSPS) is 22.1. The summed E-state index contributed by atoms with van der Waals surface area (Å²) >= 11 is 5.40. The van der Waals surface area contributed by atoms with Crippen LogP contribution in [0.25, 0.3) is 0 Å². The summed E-state index contributed by atoms with van der Waals surface area (Å²) in [7, 11) is 0. The molecule has 1 unspecified atom stereocenters. The van der Waals surface area contributed by atoms with Gasteiger partial charge in [-0.15, -0.1) is 11.8 Å². The summed E-state index contributed by atoms with van der Waals surface area (Å²) in [5.41, 5.74) is 1.18. The first-order valence-electron chi connectivity index (χ1n) is 4.59. The summed E-state index contributed by atoms with van der Waals surface area (Å²) in [4.78, 5) is 11.8. The van der Waals surface area contributed by atoms with Crippen LogP contribution in [0.2, 0.25) is 0 Å². The summed E-state index contributed by atoms with van der Waals surface area (Å²) in [5.74, 6) is 3.74. The highest BCUT2D eigenvalue weighted by Gasteiger charge is 2.21. The van der Waals surface area contributed by atoms with Crippen LogP contribution in [-0.2, 0) is 11.2 Å². The van der Waals surface area contributed by atoms with Crippen LogP contribution in [0.15, 0.2) is 16.8 Å². The number of Topliss-reactive ketones (excluding diaryl/α,β-unsaturated/α-hetero) is 1. The predicted molar refractivity (Wildman–Crippen MR) is 66.6 cm³/mol. The van der Waals surface area contributed by atoms with Crippen molar-refractivity contribution < 1.29 is 4.79 Å². The maximum Gasteiger partial charge on any atom is 0.151 e. The van der Waals surface area contributed by atoms with Crippen LogP contribution in [-0.4, -0.2) is 28.3 Å². The van der Waals surface area contributed by atoms with Gasteiger partial charge in [-0.05, 0) is 22.4 Å². The molecule has 0 spiro atoms. The molecule has 14 heavy (non-hydrogen) atoms. The van der Waals surface area contributed by atoms with Gasteiger partial charge in [-0.3, -0.25) is 4.79 Å². The smallest absolute Gasteiger partial charge is 0.151 e. The Morgan fingerprint density at radius 1 is 1.50 bits per heavy atom. The van der Waals surface area contributed by atoms with E-state index < -0.39 is 0 Å².